The van der Waals surface area contributed by atoms with Gasteiger partial charge in [-0.25, -0.2) is 8.42 Å². The summed E-state index contributed by atoms with van der Waals surface area (Å²) in [6.45, 7) is 1.87. The maximum Gasteiger partial charge on any atom is 0.246 e. The summed E-state index contributed by atoms with van der Waals surface area (Å²) in [5, 5.41) is 0.572. The van der Waals surface area contributed by atoms with E-state index in [4.69, 9.17) is 21.1 Å². The Bertz CT molecular complexity index is 1090. The first-order valence-electron chi connectivity index (χ1n) is 9.87. The number of nitrogens with zero attached hydrogens (tertiary/aromatic N) is 2. The van der Waals surface area contributed by atoms with Gasteiger partial charge in [0.1, 0.15) is 10.6 Å². The van der Waals surface area contributed by atoms with Crippen molar-refractivity contribution >= 4 is 45.0 Å². The zero-order valence-corrected chi connectivity index (χ0v) is 19.4. The Morgan fingerprint density at radius 3 is 2.68 bits per heavy atom. The van der Waals surface area contributed by atoms with Crippen molar-refractivity contribution in [2.24, 2.45) is 0 Å². The molecule has 0 radical (unpaired) electrons. The van der Waals surface area contributed by atoms with Gasteiger partial charge in [-0.15, -0.1) is 11.8 Å². The molecule has 0 saturated carbocycles. The lowest BCUT2D eigenvalue weighted by atomic mass is 10.1. The number of hydrogen-bond donors (Lipinski definition) is 0. The zero-order chi connectivity index (χ0) is 22.0. The maximum atomic E-state index is 13.2. The van der Waals surface area contributed by atoms with Gasteiger partial charge in [-0.05, 0) is 35.9 Å². The summed E-state index contributed by atoms with van der Waals surface area (Å²) in [7, 11) is -2.32. The van der Waals surface area contributed by atoms with Gasteiger partial charge in [0.05, 0.1) is 32.4 Å². The number of morpholine rings is 1. The Labute approximate surface area is 191 Å². The van der Waals surface area contributed by atoms with Crippen molar-refractivity contribution in [3.05, 3.63) is 47.0 Å². The number of amides is 1. The predicted octanol–water partition coefficient (Wildman–Crippen LogP) is 3.05. The first kappa shape index (κ1) is 22.4. The summed E-state index contributed by atoms with van der Waals surface area (Å²) < 4.78 is 38.3. The fourth-order valence-corrected chi connectivity index (χ4v) is 6.43. The van der Waals surface area contributed by atoms with Crippen molar-refractivity contribution in [1.82, 2.24) is 4.31 Å². The molecule has 0 N–H and O–H groups in total. The van der Waals surface area contributed by atoms with Crippen LogP contribution in [0.15, 0.2) is 46.2 Å². The summed E-state index contributed by atoms with van der Waals surface area (Å²) in [5.74, 6) is 0.942. The molecule has 2 heterocycles. The van der Waals surface area contributed by atoms with E-state index in [2.05, 4.69) is 0 Å². The Balaban J connectivity index is 1.61. The molecule has 31 heavy (non-hydrogen) atoms. The van der Waals surface area contributed by atoms with E-state index in [1.165, 1.54) is 11.4 Å². The lowest BCUT2D eigenvalue weighted by Gasteiger charge is -2.29. The van der Waals surface area contributed by atoms with Crippen molar-refractivity contribution < 1.29 is 22.7 Å². The van der Waals surface area contributed by atoms with E-state index in [-0.39, 0.29) is 36.1 Å². The molecule has 1 fully saturated rings. The summed E-state index contributed by atoms with van der Waals surface area (Å²) >= 11 is 7.83. The molecule has 0 bridgehead atoms. The Kier molecular flexibility index (Phi) is 6.78. The molecule has 0 unspecified atom stereocenters. The van der Waals surface area contributed by atoms with Crippen LogP contribution >= 0.6 is 23.4 Å². The summed E-state index contributed by atoms with van der Waals surface area (Å²) in [6.07, 6.45) is 0.0756. The topological polar surface area (TPSA) is 76.2 Å². The highest BCUT2D eigenvalue weighted by molar-refractivity contribution is 7.99. The molecule has 0 aromatic heterocycles. The molecule has 2 aliphatic rings. The molecule has 2 aliphatic heterocycles. The van der Waals surface area contributed by atoms with Gasteiger partial charge in [-0.1, -0.05) is 17.7 Å². The highest BCUT2D eigenvalue weighted by Gasteiger charge is 2.30. The fourth-order valence-electron chi connectivity index (χ4n) is 3.68. The van der Waals surface area contributed by atoms with Crippen LogP contribution in [-0.4, -0.2) is 64.3 Å². The van der Waals surface area contributed by atoms with E-state index in [9.17, 15) is 13.2 Å². The zero-order valence-electron chi connectivity index (χ0n) is 17.0. The Hall–Kier alpha value is -1.78. The van der Waals surface area contributed by atoms with E-state index in [1.54, 1.807) is 40.9 Å². The van der Waals surface area contributed by atoms with E-state index in [1.807, 2.05) is 12.1 Å². The Morgan fingerprint density at radius 2 is 1.94 bits per heavy atom. The Morgan fingerprint density at radius 1 is 1.16 bits per heavy atom. The number of carbonyl (C=O) groups is 1. The number of thioether (sulfide) groups is 1. The lowest BCUT2D eigenvalue weighted by molar-refractivity contribution is -0.118. The highest BCUT2D eigenvalue weighted by Crippen LogP contribution is 2.37. The van der Waals surface area contributed by atoms with E-state index in [0.717, 1.165) is 16.3 Å². The molecule has 1 amide bonds. The third kappa shape index (κ3) is 4.70. The van der Waals surface area contributed by atoms with E-state index >= 15 is 0 Å². The van der Waals surface area contributed by atoms with Crippen LogP contribution in [0.5, 0.6) is 5.75 Å². The summed E-state index contributed by atoms with van der Waals surface area (Å²) in [4.78, 5) is 15.9. The largest absolute Gasteiger partial charge is 0.495 e. The van der Waals surface area contributed by atoms with Crippen LogP contribution in [0.2, 0.25) is 5.02 Å². The number of carbonyl (C=O) groups excluding carboxylic acids is 1. The first-order valence-corrected chi connectivity index (χ1v) is 12.7. The molecule has 0 spiro atoms. The number of methoxy groups -OCH3 is 1. The molecule has 2 aromatic carbocycles. The van der Waals surface area contributed by atoms with Gasteiger partial charge < -0.3 is 14.4 Å². The molecular formula is C21H23ClN2O5S2. The standard InChI is InChI=1S/C21H23ClN2O5S2/c1-28-18-4-2-15(12-20(18)31(26,27)23-6-9-29-10-7-23)13-21(25)24-8-11-30-19-5-3-16(22)14-17(19)24/h2-5,12,14H,6-11,13H2,1H3. The van der Waals surface area contributed by atoms with Crippen LogP contribution in [0.1, 0.15) is 5.56 Å². The summed E-state index contributed by atoms with van der Waals surface area (Å²) in [5.41, 5.74) is 1.41. The normalized spacial score (nSPS) is 17.3. The number of hydrogen-bond acceptors (Lipinski definition) is 6. The minimum atomic E-state index is -3.76. The molecule has 1 saturated heterocycles. The molecule has 2 aromatic rings. The van der Waals surface area contributed by atoms with Crippen LogP contribution in [-0.2, 0) is 26.0 Å². The smallest absolute Gasteiger partial charge is 0.246 e. The SMILES string of the molecule is COc1ccc(CC(=O)N2CCSc3ccc(Cl)cc32)cc1S(=O)(=O)N1CCOCC1. The minimum Gasteiger partial charge on any atom is -0.495 e. The van der Waals surface area contributed by atoms with Crippen LogP contribution in [0, 0.1) is 0 Å². The van der Waals surface area contributed by atoms with Crippen molar-refractivity contribution in [3.63, 3.8) is 0 Å². The third-order valence-electron chi connectivity index (χ3n) is 5.26. The first-order chi connectivity index (χ1) is 14.9. The second-order valence-electron chi connectivity index (χ2n) is 7.18. The molecule has 10 heteroatoms. The predicted molar refractivity (Wildman–Crippen MR) is 121 cm³/mol. The molecular weight excluding hydrogens is 460 g/mol. The third-order valence-corrected chi connectivity index (χ3v) is 8.45. The number of halogens is 1. The lowest BCUT2D eigenvalue weighted by Crippen LogP contribution is -2.40. The van der Waals surface area contributed by atoms with Crippen molar-refractivity contribution in [2.45, 2.75) is 16.2 Å². The minimum absolute atomic E-state index is 0.0693. The van der Waals surface area contributed by atoms with Gasteiger partial charge in [0.2, 0.25) is 15.9 Å². The maximum absolute atomic E-state index is 13.2. The van der Waals surface area contributed by atoms with Crippen molar-refractivity contribution in [2.75, 3.05) is 50.6 Å². The number of anilines is 1. The highest BCUT2D eigenvalue weighted by atomic mass is 35.5. The van der Waals surface area contributed by atoms with Crippen LogP contribution in [0.25, 0.3) is 0 Å². The number of sulfonamides is 1. The molecule has 0 aliphatic carbocycles. The average molecular weight is 483 g/mol. The van der Waals surface area contributed by atoms with Crippen LogP contribution in [0.4, 0.5) is 5.69 Å². The molecule has 7 nitrogen and oxygen atoms in total. The number of ether oxygens (including phenoxy) is 2. The van der Waals surface area contributed by atoms with Gasteiger partial charge >= 0.3 is 0 Å². The summed E-state index contributed by atoms with van der Waals surface area (Å²) in [6, 6.07) is 10.4. The van der Waals surface area contributed by atoms with Crippen molar-refractivity contribution in [3.8, 4) is 5.75 Å². The number of rotatable bonds is 5. The molecule has 166 valence electrons. The van der Waals surface area contributed by atoms with Crippen molar-refractivity contribution in [1.29, 1.82) is 0 Å². The molecule has 4 rings (SSSR count). The monoisotopic (exact) mass is 482 g/mol. The quantitative estimate of drug-likeness (QED) is 0.652. The number of benzene rings is 2. The number of fused-ring (bicyclic) bond motifs is 1. The van der Waals surface area contributed by atoms with Gasteiger partial charge in [0.25, 0.3) is 0 Å². The fraction of sp³-hybridized carbons (Fsp3) is 0.381. The second kappa shape index (κ2) is 9.38. The van der Waals surface area contributed by atoms with E-state index in [0.29, 0.717) is 30.3 Å². The van der Waals surface area contributed by atoms with Gasteiger partial charge in [0, 0.05) is 35.3 Å². The van der Waals surface area contributed by atoms with Gasteiger partial charge in [0.15, 0.2) is 0 Å². The van der Waals surface area contributed by atoms with E-state index < -0.39 is 10.0 Å². The average Bonchev–Trinajstić information content (AvgIpc) is 2.79. The van der Waals surface area contributed by atoms with Crippen LogP contribution in [0.3, 0.4) is 0 Å². The second-order valence-corrected chi connectivity index (χ2v) is 10.7. The molecule has 0 atom stereocenters. The van der Waals surface area contributed by atoms with Gasteiger partial charge in [-0.3, -0.25) is 4.79 Å². The van der Waals surface area contributed by atoms with Gasteiger partial charge in [-0.2, -0.15) is 4.31 Å². The van der Waals surface area contributed by atoms with Crippen LogP contribution < -0.4 is 9.64 Å².